The monoisotopic (exact) mass is 499 g/mol. The highest BCUT2D eigenvalue weighted by molar-refractivity contribution is 7.86. The number of carbonyl (C=O) groups excluding carboxylic acids is 1. The fourth-order valence-electron chi connectivity index (χ4n) is 4.38. The number of hydrogen-bond acceptors (Lipinski definition) is 5. The molecule has 0 spiro atoms. The van der Waals surface area contributed by atoms with E-state index in [0.29, 0.717) is 35.2 Å². The second-order valence-electron chi connectivity index (χ2n) is 8.08. The Hall–Kier alpha value is -1.80. The van der Waals surface area contributed by atoms with E-state index < -0.39 is 21.6 Å². The molecule has 0 bridgehead atoms. The molecule has 174 valence electrons. The predicted octanol–water partition coefficient (Wildman–Crippen LogP) is 4.82. The molecule has 0 aliphatic carbocycles. The Morgan fingerprint density at radius 1 is 1.16 bits per heavy atom. The van der Waals surface area contributed by atoms with Crippen LogP contribution in [-0.4, -0.2) is 45.2 Å². The van der Waals surface area contributed by atoms with Gasteiger partial charge in [-0.2, -0.15) is 8.42 Å². The fourth-order valence-corrected chi connectivity index (χ4v) is 5.42. The zero-order valence-electron chi connectivity index (χ0n) is 18.3. The van der Waals surface area contributed by atoms with Crippen molar-refractivity contribution in [2.75, 3.05) is 19.9 Å². The van der Waals surface area contributed by atoms with Crippen molar-refractivity contribution in [2.45, 2.75) is 44.2 Å². The van der Waals surface area contributed by atoms with Crippen molar-refractivity contribution < 1.29 is 22.1 Å². The van der Waals surface area contributed by atoms with Gasteiger partial charge in [-0.1, -0.05) is 48.3 Å². The molecule has 1 aliphatic rings. The van der Waals surface area contributed by atoms with Gasteiger partial charge in [0.05, 0.1) is 29.5 Å². The lowest BCUT2D eigenvalue weighted by Gasteiger charge is -2.47. The van der Waals surface area contributed by atoms with Gasteiger partial charge >= 0.3 is 0 Å². The summed E-state index contributed by atoms with van der Waals surface area (Å²) in [5.41, 5.74) is 0.948. The Morgan fingerprint density at radius 3 is 2.53 bits per heavy atom. The molecule has 0 saturated carbocycles. The molecule has 2 atom stereocenters. The van der Waals surface area contributed by atoms with Crippen molar-refractivity contribution in [3.05, 3.63) is 63.6 Å². The van der Waals surface area contributed by atoms with Gasteiger partial charge in [0.25, 0.3) is 10.1 Å². The fraction of sp³-hybridized carbons (Fsp3) is 0.435. The van der Waals surface area contributed by atoms with Crippen LogP contribution in [0, 0.1) is 0 Å². The molecule has 0 N–H and O–H groups in total. The molecular weight excluding hydrogens is 473 g/mol. The number of amides is 1. The molecule has 0 radical (unpaired) electrons. The standard InChI is InChI=1S/C23H27Cl2NO5S/c1-4-21(31-32(3,28)29)23(17-8-9-19(24)20(25)13-17)11-10-22(27)26(15-23)14-16-6-5-7-18(12-16)30-2/h5-9,12-13,21H,4,10-11,14-15H2,1-3H3. The highest BCUT2D eigenvalue weighted by Crippen LogP contribution is 2.43. The number of hydrogen-bond donors (Lipinski definition) is 0. The van der Waals surface area contributed by atoms with Crippen molar-refractivity contribution in [2.24, 2.45) is 0 Å². The van der Waals surface area contributed by atoms with E-state index >= 15 is 0 Å². The van der Waals surface area contributed by atoms with E-state index in [4.69, 9.17) is 32.1 Å². The van der Waals surface area contributed by atoms with Gasteiger partial charge in [-0.05, 0) is 48.2 Å². The number of carbonyl (C=O) groups is 1. The summed E-state index contributed by atoms with van der Waals surface area (Å²) in [6.45, 7) is 2.53. The number of benzene rings is 2. The average molecular weight is 500 g/mol. The van der Waals surface area contributed by atoms with Crippen molar-refractivity contribution >= 4 is 39.2 Å². The Bertz CT molecular complexity index is 1090. The zero-order valence-corrected chi connectivity index (χ0v) is 20.6. The molecule has 3 rings (SSSR count). The highest BCUT2D eigenvalue weighted by atomic mass is 35.5. The minimum atomic E-state index is -3.73. The number of rotatable bonds is 8. The molecule has 2 aromatic rings. The van der Waals surface area contributed by atoms with Crippen molar-refractivity contribution in [3.8, 4) is 5.75 Å². The Morgan fingerprint density at radius 2 is 1.91 bits per heavy atom. The molecule has 9 heteroatoms. The first-order valence-electron chi connectivity index (χ1n) is 10.3. The Balaban J connectivity index is 2.04. The number of methoxy groups -OCH3 is 1. The van der Waals surface area contributed by atoms with Gasteiger partial charge in [0.15, 0.2) is 0 Å². The van der Waals surface area contributed by atoms with E-state index in [0.717, 1.165) is 17.4 Å². The van der Waals surface area contributed by atoms with E-state index in [9.17, 15) is 13.2 Å². The molecule has 1 heterocycles. The third-order valence-corrected chi connectivity index (χ3v) is 7.21. The van der Waals surface area contributed by atoms with Crippen LogP contribution < -0.4 is 4.74 Å². The number of piperidine rings is 1. The smallest absolute Gasteiger partial charge is 0.264 e. The summed E-state index contributed by atoms with van der Waals surface area (Å²) >= 11 is 12.5. The zero-order chi connectivity index (χ0) is 23.5. The molecule has 0 aromatic heterocycles. The van der Waals surface area contributed by atoms with Crippen LogP contribution in [0.25, 0.3) is 0 Å². The first-order chi connectivity index (χ1) is 15.1. The number of ether oxygens (including phenoxy) is 1. The SMILES string of the molecule is CCC(OS(C)(=O)=O)C1(c2ccc(Cl)c(Cl)c2)CCC(=O)N(Cc2cccc(OC)c2)C1. The lowest BCUT2D eigenvalue weighted by Crippen LogP contribution is -2.55. The summed E-state index contributed by atoms with van der Waals surface area (Å²) in [7, 11) is -2.14. The van der Waals surface area contributed by atoms with Gasteiger partial charge in [-0.3, -0.25) is 8.98 Å². The van der Waals surface area contributed by atoms with Crippen LogP contribution in [0.4, 0.5) is 0 Å². The molecule has 1 saturated heterocycles. The molecule has 2 unspecified atom stereocenters. The van der Waals surface area contributed by atoms with Crippen molar-refractivity contribution in [1.29, 1.82) is 0 Å². The van der Waals surface area contributed by atoms with Crippen molar-refractivity contribution in [1.82, 2.24) is 4.90 Å². The summed E-state index contributed by atoms with van der Waals surface area (Å²) < 4.78 is 35.0. The molecule has 2 aromatic carbocycles. The second kappa shape index (κ2) is 10.00. The van der Waals surface area contributed by atoms with Gasteiger partial charge < -0.3 is 9.64 Å². The van der Waals surface area contributed by atoms with E-state index in [1.54, 1.807) is 24.1 Å². The maximum atomic E-state index is 12.9. The summed E-state index contributed by atoms with van der Waals surface area (Å²) in [5, 5.41) is 0.775. The maximum Gasteiger partial charge on any atom is 0.264 e. The normalized spacial score (nSPS) is 20.3. The molecule has 1 fully saturated rings. The van der Waals surface area contributed by atoms with Gasteiger partial charge in [-0.15, -0.1) is 0 Å². The van der Waals surface area contributed by atoms with Gasteiger partial charge in [-0.25, -0.2) is 0 Å². The van der Waals surface area contributed by atoms with E-state index in [2.05, 4.69) is 0 Å². The van der Waals surface area contributed by atoms with Crippen LogP contribution in [-0.2, 0) is 31.1 Å². The lowest BCUT2D eigenvalue weighted by molar-refractivity contribution is -0.138. The first kappa shape index (κ1) is 24.8. The summed E-state index contributed by atoms with van der Waals surface area (Å²) in [5.74, 6) is 0.701. The molecule has 1 aliphatic heterocycles. The molecule has 6 nitrogen and oxygen atoms in total. The average Bonchev–Trinajstić information content (AvgIpc) is 2.75. The van der Waals surface area contributed by atoms with Crippen LogP contribution in [0.3, 0.4) is 0 Å². The van der Waals surface area contributed by atoms with Crippen LogP contribution in [0.5, 0.6) is 5.75 Å². The first-order valence-corrected chi connectivity index (χ1v) is 12.9. The van der Waals surface area contributed by atoms with Crippen LogP contribution in [0.15, 0.2) is 42.5 Å². The molecule has 32 heavy (non-hydrogen) atoms. The van der Waals surface area contributed by atoms with Crippen LogP contribution in [0.2, 0.25) is 10.0 Å². The Labute approximate surface area is 199 Å². The Kier molecular flexibility index (Phi) is 7.76. The summed E-state index contributed by atoms with van der Waals surface area (Å²) in [4.78, 5) is 14.6. The minimum Gasteiger partial charge on any atom is -0.497 e. The molecule has 1 amide bonds. The maximum absolute atomic E-state index is 12.9. The summed E-state index contributed by atoms with van der Waals surface area (Å²) in [6.07, 6.45) is 1.50. The lowest BCUT2D eigenvalue weighted by atomic mass is 9.69. The number of halogens is 2. The third kappa shape index (κ3) is 5.57. The van der Waals surface area contributed by atoms with Gasteiger partial charge in [0, 0.05) is 24.9 Å². The van der Waals surface area contributed by atoms with Crippen molar-refractivity contribution in [3.63, 3.8) is 0 Å². The quantitative estimate of drug-likeness (QED) is 0.486. The third-order valence-electron chi connectivity index (χ3n) is 5.89. The number of likely N-dealkylation sites (tertiary alicyclic amines) is 1. The second-order valence-corrected chi connectivity index (χ2v) is 10.5. The van der Waals surface area contributed by atoms with Gasteiger partial charge in [0.2, 0.25) is 5.91 Å². The van der Waals surface area contributed by atoms with Crippen LogP contribution in [0.1, 0.15) is 37.3 Å². The minimum absolute atomic E-state index is 0.00212. The largest absolute Gasteiger partial charge is 0.497 e. The van der Waals surface area contributed by atoms with E-state index in [1.807, 2.05) is 37.3 Å². The van der Waals surface area contributed by atoms with E-state index in [1.165, 1.54) is 0 Å². The predicted molar refractivity (Wildman–Crippen MR) is 126 cm³/mol. The number of nitrogens with zero attached hydrogens (tertiary/aromatic N) is 1. The van der Waals surface area contributed by atoms with Crippen LogP contribution >= 0.6 is 23.2 Å². The summed E-state index contributed by atoms with van der Waals surface area (Å²) in [6, 6.07) is 12.8. The highest BCUT2D eigenvalue weighted by Gasteiger charge is 2.47. The molecular formula is C23H27Cl2NO5S. The van der Waals surface area contributed by atoms with Gasteiger partial charge in [0.1, 0.15) is 5.75 Å². The topological polar surface area (TPSA) is 72.9 Å². The van der Waals surface area contributed by atoms with E-state index in [-0.39, 0.29) is 18.9 Å².